The number of carbonyl (C=O) groups excluding carboxylic acids is 1. The van der Waals surface area contributed by atoms with E-state index in [-0.39, 0.29) is 11.6 Å². The number of carbonyl (C=O) groups is 1. The minimum absolute atomic E-state index is 0.0550. The van der Waals surface area contributed by atoms with Gasteiger partial charge in [0.2, 0.25) is 0 Å². The maximum atomic E-state index is 12.7. The molecule has 1 amide bonds. The number of piperidine rings is 1. The van der Waals surface area contributed by atoms with Gasteiger partial charge >= 0.3 is 6.18 Å². The Morgan fingerprint density at radius 1 is 1.32 bits per heavy atom. The van der Waals surface area contributed by atoms with Crippen molar-refractivity contribution in [1.82, 2.24) is 4.90 Å². The highest BCUT2D eigenvalue weighted by Crippen LogP contribution is 2.39. The van der Waals surface area contributed by atoms with Crippen LogP contribution in [0.15, 0.2) is 18.2 Å². The fourth-order valence-corrected chi connectivity index (χ4v) is 3.37. The molecule has 2 atom stereocenters. The lowest BCUT2D eigenvalue weighted by Gasteiger charge is -2.27. The van der Waals surface area contributed by atoms with E-state index in [9.17, 15) is 28.1 Å². The van der Waals surface area contributed by atoms with Crippen LogP contribution in [0.3, 0.4) is 0 Å². The molecule has 3 rings (SSSR count). The van der Waals surface area contributed by atoms with Gasteiger partial charge in [0, 0.05) is 18.7 Å². The average molecular weight is 314 g/mol. The molecule has 1 saturated carbocycles. The van der Waals surface area contributed by atoms with E-state index < -0.39 is 28.3 Å². The summed E-state index contributed by atoms with van der Waals surface area (Å²) in [5, 5.41) is 11.0. The fraction of sp³-hybridized carbons (Fsp3) is 0.500. The Balaban J connectivity index is 1.96. The second kappa shape index (κ2) is 4.96. The van der Waals surface area contributed by atoms with Crippen LogP contribution in [-0.4, -0.2) is 28.3 Å². The molecule has 2 bridgehead atoms. The number of rotatable bonds is 2. The van der Waals surface area contributed by atoms with Crippen molar-refractivity contribution in [2.45, 2.75) is 31.5 Å². The summed E-state index contributed by atoms with van der Waals surface area (Å²) in [6, 6.07) is 2.12. The third-order valence-corrected chi connectivity index (χ3v) is 4.42. The maximum absolute atomic E-state index is 12.7. The SMILES string of the molecule is O=C(c1ccc(C(F)(F)F)cc1[N+](=O)[O-])N1CC2CCC1C2. The van der Waals surface area contributed by atoms with Crippen LogP contribution in [0.5, 0.6) is 0 Å². The zero-order valence-corrected chi connectivity index (χ0v) is 11.5. The van der Waals surface area contributed by atoms with Crippen molar-refractivity contribution in [3.05, 3.63) is 39.4 Å². The molecular formula is C14H13F3N2O3. The highest BCUT2D eigenvalue weighted by molar-refractivity contribution is 5.98. The van der Waals surface area contributed by atoms with E-state index >= 15 is 0 Å². The topological polar surface area (TPSA) is 63.4 Å². The number of likely N-dealkylation sites (tertiary alicyclic amines) is 1. The van der Waals surface area contributed by atoms with Gasteiger partial charge in [-0.05, 0) is 37.3 Å². The summed E-state index contributed by atoms with van der Waals surface area (Å²) in [7, 11) is 0. The molecule has 1 aromatic rings. The number of nitro benzene ring substituents is 1. The van der Waals surface area contributed by atoms with Gasteiger partial charge in [-0.15, -0.1) is 0 Å². The summed E-state index contributed by atoms with van der Waals surface area (Å²) in [5.41, 5.74) is -2.19. The molecule has 5 nitrogen and oxygen atoms in total. The lowest BCUT2D eigenvalue weighted by molar-refractivity contribution is -0.385. The van der Waals surface area contributed by atoms with Crippen LogP contribution in [0.4, 0.5) is 18.9 Å². The quantitative estimate of drug-likeness (QED) is 0.622. The van der Waals surface area contributed by atoms with Crippen LogP contribution in [0.25, 0.3) is 0 Å². The highest BCUT2D eigenvalue weighted by atomic mass is 19.4. The number of hydrogen-bond acceptors (Lipinski definition) is 3. The Bertz CT molecular complexity index is 645. The number of hydrogen-bond donors (Lipinski definition) is 0. The molecule has 1 aromatic carbocycles. The molecule has 118 valence electrons. The van der Waals surface area contributed by atoms with Crippen molar-refractivity contribution in [3.8, 4) is 0 Å². The van der Waals surface area contributed by atoms with Crippen LogP contribution in [0, 0.1) is 16.0 Å². The predicted octanol–water partition coefficient (Wildman–Crippen LogP) is 3.24. The molecule has 0 radical (unpaired) electrons. The van der Waals surface area contributed by atoms with Gasteiger partial charge in [0.15, 0.2) is 0 Å². The number of nitro groups is 1. The van der Waals surface area contributed by atoms with Crippen molar-refractivity contribution >= 4 is 11.6 Å². The smallest absolute Gasteiger partial charge is 0.335 e. The molecule has 2 aliphatic rings. The summed E-state index contributed by atoms with van der Waals surface area (Å²) < 4.78 is 38.0. The Morgan fingerprint density at radius 3 is 2.55 bits per heavy atom. The minimum atomic E-state index is -4.68. The Kier molecular flexibility index (Phi) is 3.34. The van der Waals surface area contributed by atoms with Crippen LogP contribution in [0.2, 0.25) is 0 Å². The number of alkyl halides is 3. The molecule has 1 aliphatic carbocycles. The van der Waals surface area contributed by atoms with E-state index in [1.165, 1.54) is 0 Å². The molecular weight excluding hydrogens is 301 g/mol. The molecule has 2 fully saturated rings. The van der Waals surface area contributed by atoms with Gasteiger partial charge in [-0.2, -0.15) is 13.2 Å². The first-order valence-corrected chi connectivity index (χ1v) is 6.94. The fourth-order valence-electron chi connectivity index (χ4n) is 3.37. The molecule has 0 spiro atoms. The standard InChI is InChI=1S/C14H13F3N2O3/c15-14(16,17)9-2-4-11(12(6-9)19(21)22)13(20)18-7-8-1-3-10(18)5-8/h2,4,6,8,10H,1,3,5,7H2. The summed E-state index contributed by atoms with van der Waals surface area (Å²) in [4.78, 5) is 24.1. The van der Waals surface area contributed by atoms with E-state index in [2.05, 4.69) is 0 Å². The van der Waals surface area contributed by atoms with Crippen molar-refractivity contribution in [1.29, 1.82) is 0 Å². The number of benzene rings is 1. The number of amides is 1. The summed E-state index contributed by atoms with van der Waals surface area (Å²) >= 11 is 0. The van der Waals surface area contributed by atoms with Gasteiger partial charge in [-0.25, -0.2) is 0 Å². The lowest BCUT2D eigenvalue weighted by atomic mass is 10.1. The molecule has 22 heavy (non-hydrogen) atoms. The first kappa shape index (κ1) is 14.8. The third-order valence-electron chi connectivity index (χ3n) is 4.42. The van der Waals surface area contributed by atoms with Crippen LogP contribution in [0.1, 0.15) is 35.2 Å². The number of fused-ring (bicyclic) bond motifs is 2. The first-order chi connectivity index (χ1) is 10.3. The van der Waals surface area contributed by atoms with E-state index in [1.54, 1.807) is 4.90 Å². The third kappa shape index (κ3) is 2.42. The normalized spacial score (nSPS) is 23.9. The largest absolute Gasteiger partial charge is 0.416 e. The second-order valence-corrected chi connectivity index (χ2v) is 5.78. The van der Waals surface area contributed by atoms with E-state index in [1.807, 2.05) is 0 Å². The molecule has 1 saturated heterocycles. The molecule has 2 unspecified atom stereocenters. The Labute approximate surface area is 123 Å². The van der Waals surface area contributed by atoms with Crippen molar-refractivity contribution < 1.29 is 22.9 Å². The second-order valence-electron chi connectivity index (χ2n) is 5.78. The van der Waals surface area contributed by atoms with Gasteiger partial charge < -0.3 is 4.90 Å². The van der Waals surface area contributed by atoms with Crippen LogP contribution >= 0.6 is 0 Å². The number of nitrogens with zero attached hydrogens (tertiary/aromatic N) is 2. The van der Waals surface area contributed by atoms with Gasteiger partial charge in [0.05, 0.1) is 10.5 Å². The Morgan fingerprint density at radius 2 is 2.05 bits per heavy atom. The van der Waals surface area contributed by atoms with Crippen LogP contribution in [-0.2, 0) is 6.18 Å². The maximum Gasteiger partial charge on any atom is 0.416 e. The first-order valence-electron chi connectivity index (χ1n) is 6.94. The van der Waals surface area contributed by atoms with Gasteiger partial charge in [0.1, 0.15) is 5.56 Å². The van der Waals surface area contributed by atoms with Crippen LogP contribution < -0.4 is 0 Å². The predicted molar refractivity (Wildman–Crippen MR) is 70.3 cm³/mol. The van der Waals surface area contributed by atoms with Gasteiger partial charge in [-0.1, -0.05) is 0 Å². The zero-order valence-electron chi connectivity index (χ0n) is 11.5. The molecule has 8 heteroatoms. The number of halogens is 3. The minimum Gasteiger partial charge on any atom is -0.335 e. The molecule has 1 aliphatic heterocycles. The summed E-state index contributed by atoms with van der Waals surface area (Å²) in [6.45, 7) is 0.529. The van der Waals surface area contributed by atoms with E-state index in [4.69, 9.17) is 0 Å². The van der Waals surface area contributed by atoms with Gasteiger partial charge in [0.25, 0.3) is 11.6 Å². The molecule has 1 heterocycles. The summed E-state index contributed by atoms with van der Waals surface area (Å²) in [6.07, 6.45) is -1.92. The Hall–Kier alpha value is -2.12. The summed E-state index contributed by atoms with van der Waals surface area (Å²) in [5.74, 6) is -0.143. The van der Waals surface area contributed by atoms with Crippen molar-refractivity contribution in [2.75, 3.05) is 6.54 Å². The van der Waals surface area contributed by atoms with Gasteiger partial charge in [-0.3, -0.25) is 14.9 Å². The van der Waals surface area contributed by atoms with E-state index in [0.717, 1.165) is 25.3 Å². The highest BCUT2D eigenvalue weighted by Gasteiger charge is 2.42. The van der Waals surface area contributed by atoms with E-state index in [0.29, 0.717) is 24.6 Å². The molecule has 0 N–H and O–H groups in total. The average Bonchev–Trinajstić information content (AvgIpc) is 3.07. The molecule has 0 aromatic heterocycles. The monoisotopic (exact) mass is 314 g/mol. The van der Waals surface area contributed by atoms with Crippen molar-refractivity contribution in [2.24, 2.45) is 5.92 Å². The lowest BCUT2D eigenvalue weighted by Crippen LogP contribution is -2.37. The van der Waals surface area contributed by atoms with Crippen molar-refractivity contribution in [3.63, 3.8) is 0 Å². The zero-order chi connectivity index (χ0) is 16.1.